The zero-order valence-corrected chi connectivity index (χ0v) is 82.4. The van der Waals surface area contributed by atoms with Crippen LogP contribution in [0.5, 0.6) is 103 Å². The Kier molecular flexibility index (Phi) is 61.8. The van der Waals surface area contributed by atoms with Crippen LogP contribution in [0.2, 0.25) is 0 Å². The van der Waals surface area contributed by atoms with Gasteiger partial charge in [0, 0.05) is 47.6 Å². The molecule has 0 unspecified atom stereocenters. The molecule has 9 rings (SSSR count). The van der Waals surface area contributed by atoms with Gasteiger partial charge >= 0.3 is 54.5 Å². The highest BCUT2D eigenvalue weighted by atomic mass is 16.7. The number of rotatable bonds is 50. The number of nitro groups is 4. The van der Waals surface area contributed by atoms with Gasteiger partial charge in [0.05, 0.1) is 205 Å². The number of benzene rings is 9. The molecule has 0 radical (unpaired) electrons. The molecule has 0 aromatic heterocycles. The van der Waals surface area contributed by atoms with Crippen molar-refractivity contribution in [3.05, 3.63) is 219 Å². The summed E-state index contributed by atoms with van der Waals surface area (Å²) >= 11 is 0. The molecule has 0 saturated heterocycles. The average molecular weight is 2070 g/mol. The van der Waals surface area contributed by atoms with Crippen molar-refractivity contribution in [1.82, 2.24) is 0 Å². The number of aryl methyl sites for hydroxylation is 2. The molecule has 0 saturated carbocycles. The van der Waals surface area contributed by atoms with Crippen LogP contribution in [-0.2, 0) is 52.6 Å². The van der Waals surface area contributed by atoms with Gasteiger partial charge in [-0.15, -0.1) is 0 Å². The van der Waals surface area contributed by atoms with Gasteiger partial charge in [-0.25, -0.2) is 24.0 Å². The summed E-state index contributed by atoms with van der Waals surface area (Å²) < 4.78 is 106. The number of carbonyl (C=O) groups excluding carboxylic acids is 11. The average Bonchev–Trinajstić information content (AvgIpc) is 0.809. The van der Waals surface area contributed by atoms with Crippen molar-refractivity contribution in [3.63, 3.8) is 0 Å². The predicted molar refractivity (Wildman–Crippen MR) is 511 cm³/mol. The van der Waals surface area contributed by atoms with Crippen molar-refractivity contribution in [3.8, 4) is 103 Å². The number of nitro benzene ring substituents is 4. The van der Waals surface area contributed by atoms with Gasteiger partial charge in [-0.2, -0.15) is 38.4 Å². The van der Waals surface area contributed by atoms with Crippen molar-refractivity contribution < 1.29 is 192 Å². The lowest BCUT2D eigenvalue weighted by atomic mass is 10.1. The Balaban J connectivity index is 0.000000909. The van der Waals surface area contributed by atoms with E-state index in [2.05, 4.69) is 9.47 Å². The van der Waals surface area contributed by atoms with Crippen LogP contribution in [0, 0.1) is 54.3 Å². The number of nitrogens with two attached hydrogens (primary N) is 2. The third-order valence-corrected chi connectivity index (χ3v) is 19.1. The molecular weight excluding hydrogens is 1950 g/mol. The number of ether oxygens (including phenoxy) is 20. The smallest absolute Gasteiger partial charge is 0.373 e. The lowest BCUT2D eigenvalue weighted by molar-refractivity contribution is -0.385. The summed E-state index contributed by atoms with van der Waals surface area (Å²) in [5, 5.41) is 71.9. The molecular formula is C97H112N6O44. The molecule has 0 amide bonds. The van der Waals surface area contributed by atoms with Crippen molar-refractivity contribution in [2.45, 2.75) is 90.9 Å². The number of hydrogen-bond acceptors (Lipinski definition) is 44. The quantitative estimate of drug-likeness (QED) is 0.00590. The van der Waals surface area contributed by atoms with E-state index in [0.29, 0.717) is 152 Å². The molecule has 0 aliphatic carbocycles. The van der Waals surface area contributed by atoms with Crippen molar-refractivity contribution >= 4 is 88.6 Å². The van der Waals surface area contributed by atoms with Crippen LogP contribution in [0.1, 0.15) is 140 Å². The number of carbonyl (C=O) groups is 5. The third kappa shape index (κ3) is 45.3. The second kappa shape index (κ2) is 71.8. The Bertz CT molecular complexity index is 5840. The molecule has 7 N–H and O–H groups in total. The number of carboxylic acid groups (broad SMARTS) is 2. The molecule has 9 aromatic carbocycles. The number of methoxy groups -OCH3 is 12. The van der Waals surface area contributed by atoms with E-state index in [4.69, 9.17) is 145 Å². The van der Waals surface area contributed by atoms with Gasteiger partial charge in [-0.3, -0.25) is 40.5 Å². The number of anilines is 2. The number of unbranched alkanes of at least 4 members (excludes halogenated alkanes) is 8. The van der Waals surface area contributed by atoms with Crippen LogP contribution in [0.15, 0.2) is 140 Å². The molecule has 0 aliphatic rings. The van der Waals surface area contributed by atoms with E-state index in [1.807, 2.05) is 25.1 Å². The number of esters is 3. The van der Waals surface area contributed by atoms with E-state index in [1.54, 1.807) is 70.7 Å². The molecule has 147 heavy (non-hydrogen) atoms. The first-order valence-corrected chi connectivity index (χ1v) is 43.1. The van der Waals surface area contributed by atoms with Crippen LogP contribution in [0.4, 0.5) is 34.1 Å². The summed E-state index contributed by atoms with van der Waals surface area (Å²) in [4.78, 5) is 164. The first-order valence-electron chi connectivity index (χ1n) is 43.1. The molecule has 9 aromatic rings. The second-order valence-corrected chi connectivity index (χ2v) is 28.5. The standard InChI is InChI=1S/C22H26N2O10.C22H28O6.C20H22N2O10.C20H26N2O6.C9H10O4.4CO2/c1-14-10-18(30-2)20(12-16(14)23(26)27)33-8-6-5-7-9-34-21-13-17(24(28)29)15(22(25)32-4)11-19(21)31-3;1-16-8-10-18(20(14-16)24-2)27-12-6-5-7-13-28-19-11-9-17(22(23)26-4)15-21(19)25-3;1-29-16-7-6-13(21(25)26)10-18(16)31-8-4-3-5-9-32-19-12-15(22(27)28)14(20(23)24)11-17(19)30-2;1-25-16-7-6-13(21)10-18(16)27-8-4-3-5-9-28-19-12-15(22)14(20(23)24)11-17(19)26-2;1-12-8-5-6(9(11)13-2)3-4-7(8)10;4*2-1-3/h10-13H,5-9H2,1-4H3;8-11,14-15H,5-7,12-13H2,1-4H3;6-7,10-12H,3-5,8-9H2,1-2H3,(H,23,24);6-7,10-12H,3-5,8-9,21-22H2,1-2H3,(H,23,24);3-5,10H,1-2H3;;;;. The van der Waals surface area contributed by atoms with Crippen molar-refractivity contribution in [1.29, 1.82) is 0 Å². The van der Waals surface area contributed by atoms with E-state index in [9.17, 15) is 69.5 Å². The van der Waals surface area contributed by atoms with Crippen LogP contribution in [0.25, 0.3) is 0 Å². The summed E-state index contributed by atoms with van der Waals surface area (Å²) in [6.07, 6.45) is 10.1. The highest BCUT2D eigenvalue weighted by Crippen LogP contribution is 2.41. The second-order valence-electron chi connectivity index (χ2n) is 28.5. The van der Waals surface area contributed by atoms with Crippen molar-refractivity contribution in [2.75, 3.05) is 150 Å². The Morgan fingerprint density at radius 3 is 0.932 bits per heavy atom. The number of phenolic OH excluding ortho intramolecular Hbond substituents is 1. The minimum atomic E-state index is -1.44. The maximum absolute atomic E-state index is 11.8. The highest BCUT2D eigenvalue weighted by molar-refractivity contribution is 5.96. The number of carboxylic acids is 2. The van der Waals surface area contributed by atoms with Gasteiger partial charge < -0.3 is 122 Å². The molecule has 0 spiro atoms. The van der Waals surface area contributed by atoms with E-state index in [0.717, 1.165) is 80.9 Å². The largest absolute Gasteiger partial charge is 0.504 e. The summed E-state index contributed by atoms with van der Waals surface area (Å²) in [7, 11) is 17.0. The van der Waals surface area contributed by atoms with Gasteiger partial charge in [-0.1, -0.05) is 6.07 Å². The molecule has 0 bridgehead atoms. The van der Waals surface area contributed by atoms with E-state index in [1.165, 1.54) is 118 Å². The molecule has 50 nitrogen and oxygen atoms in total. The van der Waals surface area contributed by atoms with Crippen molar-refractivity contribution in [2.24, 2.45) is 0 Å². The van der Waals surface area contributed by atoms with E-state index < -0.39 is 66.5 Å². The first-order chi connectivity index (χ1) is 70.4. The topological polar surface area (TPSA) is 692 Å². The Morgan fingerprint density at radius 1 is 0.286 bits per heavy atom. The lowest BCUT2D eigenvalue weighted by Crippen LogP contribution is -2.08. The number of phenols is 1. The Morgan fingerprint density at radius 2 is 0.571 bits per heavy atom. The van der Waals surface area contributed by atoms with Gasteiger partial charge in [-0.05, 0) is 169 Å². The number of aromatic hydroxyl groups is 1. The van der Waals surface area contributed by atoms with Crippen LogP contribution < -0.4 is 92.0 Å². The lowest BCUT2D eigenvalue weighted by Gasteiger charge is -2.13. The fraction of sp³-hybridized carbons (Fsp3) is 0.351. The summed E-state index contributed by atoms with van der Waals surface area (Å²) in [5.74, 6) is 2.45. The zero-order chi connectivity index (χ0) is 110. The Hall–Kier alpha value is -18.5. The molecule has 0 heterocycles. The minimum absolute atomic E-state index is 0.00449. The maximum atomic E-state index is 11.8. The SMILES string of the molecule is COC(=O)c1cc(OC)c(OCCCCCOc2cc([N+](=O)[O-])c(C)cc2OC)cc1[N+](=O)[O-].COC(=O)c1ccc(O)c(OC)c1.COC(=O)c1ccc(OCCCCCOc2ccc(C)cc2OC)c(OC)c1.COc1ccc(N)cc1OCCCCCOc1cc(N)c(C(=O)O)cc1OC.COc1ccc([N+](=O)[O-])cc1OCCCCCOc1cc([N+](=O)[O-])c(C(=O)O)cc1OC.O=C=O.O=C=O.O=C=O.O=C=O. The van der Waals surface area contributed by atoms with Gasteiger partial charge in [0.15, 0.2) is 103 Å². The Labute approximate surface area is 840 Å². The molecule has 794 valence electrons. The third-order valence-electron chi connectivity index (χ3n) is 19.1. The van der Waals surface area contributed by atoms with Crippen LogP contribution >= 0.6 is 0 Å². The maximum Gasteiger partial charge on any atom is 0.373 e. The minimum Gasteiger partial charge on any atom is -0.504 e. The van der Waals surface area contributed by atoms with Gasteiger partial charge in [0.1, 0.15) is 11.1 Å². The van der Waals surface area contributed by atoms with Crippen LogP contribution in [0.3, 0.4) is 0 Å². The zero-order valence-electron chi connectivity index (χ0n) is 82.4. The number of aromatic carboxylic acids is 2. The highest BCUT2D eigenvalue weighted by Gasteiger charge is 2.28. The van der Waals surface area contributed by atoms with Gasteiger partial charge in [0.2, 0.25) is 0 Å². The monoisotopic (exact) mass is 2060 g/mol. The molecule has 0 fully saturated rings. The van der Waals surface area contributed by atoms with Gasteiger partial charge in [0.25, 0.3) is 22.7 Å². The number of nitrogens with zero attached hydrogens (tertiary/aromatic N) is 4. The number of hydrogen-bond donors (Lipinski definition) is 5. The van der Waals surface area contributed by atoms with E-state index in [-0.39, 0.29) is 106 Å². The molecule has 0 aliphatic heterocycles. The molecule has 0 atom stereocenters. The summed E-state index contributed by atoms with van der Waals surface area (Å²) in [5.41, 5.74) is 12.7. The number of non-ortho nitro benzene ring substituents is 1. The molecule has 50 heteroatoms. The van der Waals surface area contributed by atoms with E-state index >= 15 is 0 Å². The van der Waals surface area contributed by atoms with Crippen LogP contribution in [-0.4, -0.2) is 228 Å². The fourth-order valence-corrected chi connectivity index (χ4v) is 12.1. The first kappa shape index (κ1) is 126. The normalized spacial score (nSPS) is 9.62. The fourth-order valence-electron chi connectivity index (χ4n) is 12.1. The predicted octanol–water partition coefficient (Wildman–Crippen LogP) is 14.6. The summed E-state index contributed by atoms with van der Waals surface area (Å²) in [6, 6.07) is 34.6. The number of nitrogen functional groups attached to an aromatic ring is 2. The summed E-state index contributed by atoms with van der Waals surface area (Å²) in [6.45, 7) is 6.84.